The molecule has 2 heterocycles. The number of amides is 3. The first kappa shape index (κ1) is 18.4. The molecule has 7 nitrogen and oxygen atoms in total. The minimum Gasteiger partial charge on any atom is -0.355 e. The highest BCUT2D eigenvalue weighted by Crippen LogP contribution is 2.29. The monoisotopic (exact) mass is 358 g/mol. The molecule has 1 aromatic carbocycles. The maximum absolute atomic E-state index is 12.8. The number of anilines is 1. The van der Waals surface area contributed by atoms with Gasteiger partial charge in [-0.1, -0.05) is 0 Å². The predicted octanol–water partition coefficient (Wildman–Crippen LogP) is 0.490. The Bertz CT molecular complexity index is 711. The van der Waals surface area contributed by atoms with Gasteiger partial charge in [-0.05, 0) is 37.1 Å². The Morgan fingerprint density at radius 3 is 2.46 bits per heavy atom. The van der Waals surface area contributed by atoms with Crippen LogP contribution in [0, 0.1) is 0 Å². The van der Waals surface area contributed by atoms with Crippen LogP contribution in [0.5, 0.6) is 0 Å². The molecule has 0 spiro atoms. The molecule has 0 atom stereocenters. The van der Waals surface area contributed by atoms with E-state index in [0.717, 1.165) is 17.7 Å². The number of hydrogen-bond acceptors (Lipinski definition) is 4. The zero-order valence-corrected chi connectivity index (χ0v) is 15.5. The zero-order valence-electron chi connectivity index (χ0n) is 15.5. The highest BCUT2D eigenvalue weighted by molar-refractivity contribution is 5.98. The Kier molecular flexibility index (Phi) is 5.56. The highest BCUT2D eigenvalue weighted by atomic mass is 16.2. The van der Waals surface area contributed by atoms with E-state index in [1.54, 1.807) is 11.8 Å². The quantitative estimate of drug-likeness (QED) is 0.850. The molecule has 2 aliphatic heterocycles. The molecule has 3 rings (SSSR count). The number of nitrogens with one attached hydrogen (secondary N) is 1. The van der Waals surface area contributed by atoms with E-state index in [1.807, 2.05) is 30.0 Å². The van der Waals surface area contributed by atoms with Crippen LogP contribution in [0.4, 0.5) is 5.69 Å². The molecule has 3 amide bonds. The summed E-state index contributed by atoms with van der Waals surface area (Å²) in [7, 11) is 0. The highest BCUT2D eigenvalue weighted by Gasteiger charge is 2.26. The van der Waals surface area contributed by atoms with E-state index < -0.39 is 0 Å². The first-order valence-corrected chi connectivity index (χ1v) is 9.19. The van der Waals surface area contributed by atoms with Crippen LogP contribution in [0.15, 0.2) is 18.2 Å². The van der Waals surface area contributed by atoms with Crippen LogP contribution in [0.1, 0.15) is 29.8 Å². The summed E-state index contributed by atoms with van der Waals surface area (Å²) in [6, 6.07) is 5.60. The first-order valence-electron chi connectivity index (χ1n) is 9.19. The van der Waals surface area contributed by atoms with E-state index >= 15 is 0 Å². The Balaban J connectivity index is 1.59. The number of benzene rings is 1. The van der Waals surface area contributed by atoms with Crippen molar-refractivity contribution in [3.63, 3.8) is 0 Å². The molecule has 2 aliphatic rings. The third kappa shape index (κ3) is 3.88. The number of nitrogens with zero attached hydrogens (tertiary/aromatic N) is 3. The van der Waals surface area contributed by atoms with Gasteiger partial charge in [-0.3, -0.25) is 19.3 Å². The zero-order chi connectivity index (χ0) is 18.7. The van der Waals surface area contributed by atoms with Crippen LogP contribution in [0.25, 0.3) is 0 Å². The van der Waals surface area contributed by atoms with Crippen molar-refractivity contribution < 1.29 is 14.4 Å². The van der Waals surface area contributed by atoms with Crippen molar-refractivity contribution in [1.29, 1.82) is 0 Å². The Hall–Kier alpha value is -2.41. The van der Waals surface area contributed by atoms with E-state index in [1.165, 1.54) is 0 Å². The van der Waals surface area contributed by atoms with Crippen molar-refractivity contribution in [2.75, 3.05) is 50.7 Å². The van der Waals surface area contributed by atoms with Gasteiger partial charge >= 0.3 is 0 Å². The first-order chi connectivity index (χ1) is 12.5. The second kappa shape index (κ2) is 7.86. The Labute approximate surface area is 153 Å². The SMILES string of the molecule is CCNC(=O)CN1CCN(C(=O)c2ccc3c(c2)CCN3C(C)=O)CC1. The van der Waals surface area contributed by atoms with Gasteiger partial charge in [0, 0.05) is 57.4 Å². The van der Waals surface area contributed by atoms with Gasteiger partial charge in [-0.15, -0.1) is 0 Å². The van der Waals surface area contributed by atoms with Gasteiger partial charge < -0.3 is 15.1 Å². The average molecular weight is 358 g/mol. The van der Waals surface area contributed by atoms with Gasteiger partial charge in [-0.25, -0.2) is 0 Å². The molecule has 0 aromatic heterocycles. The molecule has 26 heavy (non-hydrogen) atoms. The van der Waals surface area contributed by atoms with Gasteiger partial charge in [0.25, 0.3) is 5.91 Å². The predicted molar refractivity (Wildman–Crippen MR) is 99.2 cm³/mol. The fourth-order valence-corrected chi connectivity index (χ4v) is 3.61. The lowest BCUT2D eigenvalue weighted by Crippen LogP contribution is -2.51. The minimum absolute atomic E-state index is 0.0201. The Morgan fingerprint density at radius 1 is 1.08 bits per heavy atom. The number of fused-ring (bicyclic) bond motifs is 1. The summed E-state index contributed by atoms with van der Waals surface area (Å²) in [4.78, 5) is 41.8. The van der Waals surface area contributed by atoms with Crippen LogP contribution >= 0.6 is 0 Å². The molecule has 1 fully saturated rings. The second-order valence-electron chi connectivity index (χ2n) is 6.79. The van der Waals surface area contributed by atoms with E-state index in [4.69, 9.17) is 0 Å². The molecule has 140 valence electrons. The van der Waals surface area contributed by atoms with Gasteiger partial charge in [0.2, 0.25) is 11.8 Å². The second-order valence-corrected chi connectivity index (χ2v) is 6.79. The third-order valence-electron chi connectivity index (χ3n) is 5.00. The summed E-state index contributed by atoms with van der Waals surface area (Å²) in [6.45, 7) is 7.81. The summed E-state index contributed by atoms with van der Waals surface area (Å²) in [5.41, 5.74) is 2.65. The lowest BCUT2D eigenvalue weighted by atomic mass is 10.1. The summed E-state index contributed by atoms with van der Waals surface area (Å²) >= 11 is 0. The summed E-state index contributed by atoms with van der Waals surface area (Å²) in [6.07, 6.45) is 0.788. The van der Waals surface area contributed by atoms with Crippen molar-refractivity contribution >= 4 is 23.4 Å². The van der Waals surface area contributed by atoms with Crippen molar-refractivity contribution in [3.05, 3.63) is 29.3 Å². The van der Waals surface area contributed by atoms with Crippen LogP contribution in [0.3, 0.4) is 0 Å². The number of carbonyl (C=O) groups is 3. The van der Waals surface area contributed by atoms with E-state index in [2.05, 4.69) is 10.2 Å². The fraction of sp³-hybridized carbons (Fsp3) is 0.526. The number of hydrogen-bond donors (Lipinski definition) is 1. The fourth-order valence-electron chi connectivity index (χ4n) is 3.61. The number of rotatable bonds is 4. The Morgan fingerprint density at radius 2 is 1.81 bits per heavy atom. The number of piperazine rings is 1. The normalized spacial score (nSPS) is 17.2. The molecule has 1 N–H and O–H groups in total. The molecule has 1 aromatic rings. The van der Waals surface area contributed by atoms with Crippen molar-refractivity contribution in [2.45, 2.75) is 20.3 Å². The maximum atomic E-state index is 12.8. The van der Waals surface area contributed by atoms with Crippen LogP contribution in [0.2, 0.25) is 0 Å². The maximum Gasteiger partial charge on any atom is 0.253 e. The summed E-state index contributed by atoms with van der Waals surface area (Å²) in [5, 5.41) is 2.80. The van der Waals surface area contributed by atoms with Crippen LogP contribution in [-0.4, -0.2) is 73.3 Å². The van der Waals surface area contributed by atoms with Crippen molar-refractivity contribution in [3.8, 4) is 0 Å². The van der Waals surface area contributed by atoms with Gasteiger partial charge in [0.15, 0.2) is 0 Å². The molecule has 0 aliphatic carbocycles. The van der Waals surface area contributed by atoms with Crippen LogP contribution < -0.4 is 10.2 Å². The smallest absolute Gasteiger partial charge is 0.253 e. The molecule has 0 radical (unpaired) electrons. The van der Waals surface area contributed by atoms with Gasteiger partial charge in [0.05, 0.1) is 6.54 Å². The topological polar surface area (TPSA) is 73.0 Å². The van der Waals surface area contributed by atoms with Crippen molar-refractivity contribution in [1.82, 2.24) is 15.1 Å². The van der Waals surface area contributed by atoms with Crippen molar-refractivity contribution in [2.24, 2.45) is 0 Å². The van der Waals surface area contributed by atoms with Crippen LogP contribution in [-0.2, 0) is 16.0 Å². The number of carbonyl (C=O) groups excluding carboxylic acids is 3. The number of likely N-dealkylation sites (N-methyl/N-ethyl adjacent to an activating group) is 1. The molecule has 1 saturated heterocycles. The molecule has 0 unspecified atom stereocenters. The van der Waals surface area contributed by atoms with E-state index in [0.29, 0.717) is 51.4 Å². The third-order valence-corrected chi connectivity index (χ3v) is 5.00. The summed E-state index contributed by atoms with van der Waals surface area (Å²) < 4.78 is 0. The average Bonchev–Trinajstić information content (AvgIpc) is 3.05. The molecule has 7 heteroatoms. The molecular formula is C19H26N4O3. The molecule has 0 saturated carbocycles. The largest absolute Gasteiger partial charge is 0.355 e. The summed E-state index contributed by atoms with van der Waals surface area (Å²) in [5.74, 6) is 0.0821. The lowest BCUT2D eigenvalue weighted by Gasteiger charge is -2.34. The lowest BCUT2D eigenvalue weighted by molar-refractivity contribution is -0.122. The molecular weight excluding hydrogens is 332 g/mol. The standard InChI is InChI=1S/C19H26N4O3/c1-3-20-18(25)13-21-8-10-22(11-9-21)19(26)16-4-5-17-15(12-16)6-7-23(17)14(2)24/h4-5,12H,3,6-11,13H2,1-2H3,(H,20,25). The van der Waals surface area contributed by atoms with Gasteiger partial charge in [0.1, 0.15) is 0 Å². The van der Waals surface area contributed by atoms with Gasteiger partial charge in [-0.2, -0.15) is 0 Å². The molecule has 0 bridgehead atoms. The van der Waals surface area contributed by atoms with E-state index in [9.17, 15) is 14.4 Å². The van der Waals surface area contributed by atoms with E-state index in [-0.39, 0.29) is 17.7 Å². The minimum atomic E-state index is 0.0201.